The molecule has 0 bridgehead atoms. The molecule has 4 heterocycles. The standard InChI is InChI=1S/C12H14N2O2.C9H13N3O/c1-12(8-2-3-8)9-4-10(11(13)15)14-5-7(9)6-16-12;1-7-6-8-11(2)9(13)4-3-5-12(8)10-7/h4-5,8H,2-3,6H2,1H3,(H2,13,15);6H,3-5H2,1-2H3. The van der Waals surface area contributed by atoms with E-state index in [4.69, 9.17) is 10.5 Å². The van der Waals surface area contributed by atoms with Crippen molar-refractivity contribution in [3.05, 3.63) is 40.8 Å². The fourth-order valence-corrected chi connectivity index (χ4v) is 4.11. The van der Waals surface area contributed by atoms with E-state index < -0.39 is 5.91 Å². The Balaban J connectivity index is 0.000000145. The summed E-state index contributed by atoms with van der Waals surface area (Å²) in [5.41, 5.74) is 8.49. The quantitative estimate of drug-likeness (QED) is 0.837. The van der Waals surface area contributed by atoms with E-state index >= 15 is 0 Å². The van der Waals surface area contributed by atoms with E-state index in [2.05, 4.69) is 17.0 Å². The highest BCUT2D eigenvalue weighted by Gasteiger charge is 2.48. The van der Waals surface area contributed by atoms with Gasteiger partial charge in [-0.05, 0) is 50.7 Å². The predicted molar refractivity (Wildman–Crippen MR) is 107 cm³/mol. The Kier molecular flexibility index (Phi) is 4.90. The van der Waals surface area contributed by atoms with E-state index in [1.165, 1.54) is 12.8 Å². The average Bonchev–Trinajstić information content (AvgIpc) is 3.43. The predicted octanol–water partition coefficient (Wildman–Crippen LogP) is 2.28. The summed E-state index contributed by atoms with van der Waals surface area (Å²) >= 11 is 0. The number of primary amides is 1. The third-order valence-corrected chi connectivity index (χ3v) is 6.02. The number of aryl methyl sites for hydroxylation is 2. The molecule has 1 unspecified atom stereocenters. The fraction of sp³-hybridized carbons (Fsp3) is 0.524. The van der Waals surface area contributed by atoms with E-state index in [9.17, 15) is 9.59 Å². The van der Waals surface area contributed by atoms with Crippen LogP contribution in [0.5, 0.6) is 0 Å². The van der Waals surface area contributed by atoms with Crippen molar-refractivity contribution in [3.8, 4) is 0 Å². The second kappa shape index (κ2) is 7.26. The van der Waals surface area contributed by atoms with Crippen molar-refractivity contribution < 1.29 is 14.3 Å². The minimum atomic E-state index is -0.479. The minimum Gasteiger partial charge on any atom is -0.366 e. The number of carbonyl (C=O) groups is 2. The van der Waals surface area contributed by atoms with Crippen molar-refractivity contribution in [2.75, 3.05) is 11.9 Å². The van der Waals surface area contributed by atoms with Gasteiger partial charge in [0.05, 0.1) is 17.9 Å². The van der Waals surface area contributed by atoms with Gasteiger partial charge in [0.15, 0.2) is 0 Å². The first-order valence-corrected chi connectivity index (χ1v) is 10.0. The summed E-state index contributed by atoms with van der Waals surface area (Å²) in [7, 11) is 1.81. The van der Waals surface area contributed by atoms with Crippen LogP contribution in [0.3, 0.4) is 0 Å². The maximum atomic E-state index is 11.5. The third-order valence-electron chi connectivity index (χ3n) is 6.02. The Hall–Kier alpha value is -2.74. The molecule has 5 rings (SSSR count). The molecule has 1 fully saturated rings. The topological polar surface area (TPSA) is 103 Å². The van der Waals surface area contributed by atoms with Crippen molar-refractivity contribution in [3.63, 3.8) is 0 Å². The zero-order chi connectivity index (χ0) is 20.8. The van der Waals surface area contributed by atoms with Gasteiger partial charge in [-0.15, -0.1) is 0 Å². The number of ether oxygens (including phenoxy) is 1. The molecule has 0 saturated heterocycles. The second-order valence-electron chi connectivity index (χ2n) is 8.18. The molecular weight excluding hydrogens is 370 g/mol. The molecule has 2 aromatic heterocycles. The molecule has 3 aliphatic rings. The van der Waals surface area contributed by atoms with E-state index in [1.807, 2.05) is 17.7 Å². The summed E-state index contributed by atoms with van der Waals surface area (Å²) < 4.78 is 7.78. The van der Waals surface area contributed by atoms with Crippen LogP contribution in [0.25, 0.3) is 0 Å². The van der Waals surface area contributed by atoms with Crippen LogP contribution in [-0.2, 0) is 28.3 Å². The Bertz CT molecular complexity index is 965. The van der Waals surface area contributed by atoms with Gasteiger partial charge in [-0.25, -0.2) is 4.68 Å². The SMILES string of the molecule is CC1(C2CC2)OCc2cnc(C(N)=O)cc21.Cc1cc2n(n1)CCCC(=O)N2C. The second-order valence-corrected chi connectivity index (χ2v) is 8.18. The maximum Gasteiger partial charge on any atom is 0.267 e. The summed E-state index contributed by atoms with van der Waals surface area (Å²) in [6, 6.07) is 3.74. The van der Waals surface area contributed by atoms with E-state index in [1.54, 1.807) is 24.2 Å². The van der Waals surface area contributed by atoms with Crippen LogP contribution in [0.1, 0.15) is 59.9 Å². The van der Waals surface area contributed by atoms with Gasteiger partial charge in [0.2, 0.25) is 5.91 Å². The zero-order valence-corrected chi connectivity index (χ0v) is 17.1. The molecule has 2 aliphatic heterocycles. The summed E-state index contributed by atoms with van der Waals surface area (Å²) in [4.78, 5) is 28.3. The first-order chi connectivity index (χ1) is 13.8. The molecular formula is C21H27N5O3. The van der Waals surface area contributed by atoms with Crippen LogP contribution < -0.4 is 10.6 Å². The molecule has 8 nitrogen and oxygen atoms in total. The lowest BCUT2D eigenvalue weighted by molar-refractivity contribution is -0.118. The lowest BCUT2D eigenvalue weighted by Gasteiger charge is -2.24. The van der Waals surface area contributed by atoms with E-state index in [-0.39, 0.29) is 11.5 Å². The summed E-state index contributed by atoms with van der Waals surface area (Å²) in [6.45, 7) is 5.48. The van der Waals surface area contributed by atoms with E-state index in [0.717, 1.165) is 35.6 Å². The summed E-state index contributed by atoms with van der Waals surface area (Å²) in [5, 5.41) is 4.32. The number of rotatable bonds is 2. The highest BCUT2D eigenvalue weighted by molar-refractivity contribution is 5.92. The van der Waals surface area contributed by atoms with Gasteiger partial charge < -0.3 is 15.4 Å². The Morgan fingerprint density at radius 3 is 2.79 bits per heavy atom. The molecule has 2 N–H and O–H groups in total. The van der Waals surface area contributed by atoms with Crippen molar-refractivity contribution in [2.45, 2.75) is 58.3 Å². The van der Waals surface area contributed by atoms with Crippen molar-refractivity contribution >= 4 is 17.6 Å². The summed E-state index contributed by atoms with van der Waals surface area (Å²) in [6.07, 6.45) is 5.62. The monoisotopic (exact) mass is 397 g/mol. The lowest BCUT2D eigenvalue weighted by Crippen LogP contribution is -2.25. The van der Waals surface area contributed by atoms with Crippen LogP contribution >= 0.6 is 0 Å². The van der Waals surface area contributed by atoms with Crippen molar-refractivity contribution in [2.24, 2.45) is 11.7 Å². The van der Waals surface area contributed by atoms with Gasteiger partial charge in [-0.2, -0.15) is 5.10 Å². The molecule has 1 atom stereocenters. The molecule has 29 heavy (non-hydrogen) atoms. The van der Waals surface area contributed by atoms with Crippen molar-refractivity contribution in [1.29, 1.82) is 0 Å². The molecule has 0 spiro atoms. The highest BCUT2D eigenvalue weighted by Crippen LogP contribution is 2.52. The number of hydrogen-bond donors (Lipinski definition) is 1. The van der Waals surface area contributed by atoms with Crippen LogP contribution in [0.4, 0.5) is 5.82 Å². The average molecular weight is 397 g/mol. The van der Waals surface area contributed by atoms with Crippen molar-refractivity contribution in [1.82, 2.24) is 14.8 Å². The third kappa shape index (κ3) is 3.64. The Labute approximate surface area is 170 Å². The molecule has 2 aromatic rings. The van der Waals surface area contributed by atoms with Gasteiger partial charge in [-0.1, -0.05) is 0 Å². The zero-order valence-electron chi connectivity index (χ0n) is 17.1. The number of nitrogens with two attached hydrogens (primary N) is 1. The van der Waals surface area contributed by atoms with E-state index in [0.29, 0.717) is 24.6 Å². The number of nitrogens with zero attached hydrogens (tertiary/aromatic N) is 4. The summed E-state index contributed by atoms with van der Waals surface area (Å²) in [5.74, 6) is 1.20. The maximum absolute atomic E-state index is 11.5. The number of anilines is 1. The van der Waals surface area contributed by atoms with Gasteiger partial charge in [0, 0.05) is 37.8 Å². The molecule has 1 saturated carbocycles. The molecule has 8 heteroatoms. The molecule has 2 amide bonds. The largest absolute Gasteiger partial charge is 0.366 e. The van der Waals surface area contributed by atoms with Gasteiger partial charge in [-0.3, -0.25) is 14.6 Å². The highest BCUT2D eigenvalue weighted by atomic mass is 16.5. The number of hydrogen-bond acceptors (Lipinski definition) is 5. The van der Waals surface area contributed by atoms with Crippen LogP contribution in [0.15, 0.2) is 18.3 Å². The van der Waals surface area contributed by atoms with Crippen LogP contribution in [0, 0.1) is 12.8 Å². The number of aromatic nitrogens is 3. The van der Waals surface area contributed by atoms with Gasteiger partial charge in [0.25, 0.3) is 5.91 Å². The number of fused-ring (bicyclic) bond motifs is 2. The van der Waals surface area contributed by atoms with Gasteiger partial charge >= 0.3 is 0 Å². The number of pyridine rings is 1. The molecule has 0 aromatic carbocycles. The van der Waals surface area contributed by atoms with Gasteiger partial charge in [0.1, 0.15) is 11.5 Å². The Morgan fingerprint density at radius 2 is 2.10 bits per heavy atom. The molecule has 1 aliphatic carbocycles. The first-order valence-electron chi connectivity index (χ1n) is 10.0. The van der Waals surface area contributed by atoms with Crippen LogP contribution in [0.2, 0.25) is 0 Å². The van der Waals surface area contributed by atoms with Crippen LogP contribution in [-0.4, -0.2) is 33.6 Å². The molecule has 0 radical (unpaired) electrons. The lowest BCUT2D eigenvalue weighted by atomic mass is 9.90. The normalized spacial score (nSPS) is 23.0. The molecule has 154 valence electrons. The fourth-order valence-electron chi connectivity index (χ4n) is 4.11. The Morgan fingerprint density at radius 1 is 1.34 bits per heavy atom. The number of carbonyl (C=O) groups excluding carboxylic acids is 2. The first kappa shape index (κ1) is 19.6. The number of amides is 2. The minimum absolute atomic E-state index is 0.179. The smallest absolute Gasteiger partial charge is 0.267 e.